The summed E-state index contributed by atoms with van der Waals surface area (Å²) in [6.07, 6.45) is 6.81. The van der Waals surface area contributed by atoms with E-state index in [9.17, 15) is 0 Å². The summed E-state index contributed by atoms with van der Waals surface area (Å²) in [5.74, 6) is 0. The second kappa shape index (κ2) is 6.22. The van der Waals surface area contributed by atoms with E-state index < -0.39 is 0 Å². The van der Waals surface area contributed by atoms with Gasteiger partial charge in [-0.2, -0.15) is 0 Å². The van der Waals surface area contributed by atoms with Crippen LogP contribution in [0.3, 0.4) is 0 Å². The van der Waals surface area contributed by atoms with Gasteiger partial charge in [-0.1, -0.05) is 0 Å². The molecule has 1 fully saturated rings. The number of ether oxygens (including phenoxy) is 1. The van der Waals surface area contributed by atoms with Gasteiger partial charge in [-0.05, 0) is 20.5 Å². The van der Waals surface area contributed by atoms with E-state index in [4.69, 9.17) is 4.74 Å². The van der Waals surface area contributed by atoms with Gasteiger partial charge in [-0.25, -0.2) is 9.97 Å². The van der Waals surface area contributed by atoms with E-state index in [1.807, 2.05) is 12.4 Å². The van der Waals surface area contributed by atoms with Crippen molar-refractivity contribution in [2.24, 2.45) is 0 Å². The zero-order valence-corrected chi connectivity index (χ0v) is 11.4. The van der Waals surface area contributed by atoms with Gasteiger partial charge in [0.2, 0.25) is 0 Å². The molecule has 1 aromatic rings. The van der Waals surface area contributed by atoms with Gasteiger partial charge in [0.25, 0.3) is 0 Å². The van der Waals surface area contributed by atoms with Crippen LogP contribution in [0.2, 0.25) is 0 Å². The maximum Gasteiger partial charge on any atom is 0.115 e. The van der Waals surface area contributed by atoms with Crippen molar-refractivity contribution in [3.63, 3.8) is 0 Å². The Morgan fingerprint density at radius 2 is 2.17 bits per heavy atom. The molecule has 0 aliphatic carbocycles. The second-order valence-corrected chi connectivity index (χ2v) is 5.13. The molecule has 0 radical (unpaired) electrons. The number of hydrogen-bond donors (Lipinski definition) is 0. The summed E-state index contributed by atoms with van der Waals surface area (Å²) in [6.45, 7) is 2.97. The Morgan fingerprint density at radius 3 is 2.78 bits per heavy atom. The third-order valence-corrected chi connectivity index (χ3v) is 3.57. The number of aromatic nitrogens is 2. The van der Waals surface area contributed by atoms with Crippen LogP contribution in [0.5, 0.6) is 0 Å². The normalized spacial score (nSPS) is 24.9. The number of rotatable bonds is 5. The van der Waals surface area contributed by atoms with Gasteiger partial charge < -0.3 is 9.64 Å². The van der Waals surface area contributed by atoms with Crippen LogP contribution in [0.15, 0.2) is 18.7 Å². The minimum absolute atomic E-state index is 0.383. The van der Waals surface area contributed by atoms with Gasteiger partial charge in [-0.3, -0.25) is 4.90 Å². The van der Waals surface area contributed by atoms with E-state index in [2.05, 4.69) is 33.9 Å². The molecule has 1 aliphatic heterocycles. The zero-order chi connectivity index (χ0) is 13.0. The summed E-state index contributed by atoms with van der Waals surface area (Å²) < 4.78 is 5.43. The molecule has 0 N–H and O–H groups in total. The number of hydrogen-bond acceptors (Lipinski definition) is 5. The number of likely N-dealkylation sites (tertiary alicyclic amines) is 1. The second-order valence-electron chi connectivity index (χ2n) is 5.13. The van der Waals surface area contributed by atoms with Crippen molar-refractivity contribution in [3.05, 3.63) is 24.3 Å². The highest BCUT2D eigenvalue weighted by atomic mass is 16.5. The molecule has 2 rings (SSSR count). The summed E-state index contributed by atoms with van der Waals surface area (Å²) >= 11 is 0. The Balaban J connectivity index is 1.83. The number of nitrogens with zero attached hydrogens (tertiary/aromatic N) is 4. The molecule has 1 aromatic heterocycles. The van der Waals surface area contributed by atoms with Crippen molar-refractivity contribution in [2.45, 2.75) is 25.1 Å². The molecule has 18 heavy (non-hydrogen) atoms. The standard InChI is InChI=1S/C13H22N4O/c1-16(7-11-5-14-10-15-6-11)8-12-4-13(18-3)9-17(12)2/h5-6,10,12-13H,4,7-9H2,1-3H3/t12-,13-/m0/s1. The van der Waals surface area contributed by atoms with Crippen LogP contribution in [0.25, 0.3) is 0 Å². The molecular weight excluding hydrogens is 228 g/mol. The van der Waals surface area contributed by atoms with E-state index in [0.29, 0.717) is 12.1 Å². The van der Waals surface area contributed by atoms with Gasteiger partial charge in [-0.15, -0.1) is 0 Å². The molecular formula is C13H22N4O. The van der Waals surface area contributed by atoms with Crippen LogP contribution in [0.4, 0.5) is 0 Å². The minimum atomic E-state index is 0.383. The molecule has 2 heterocycles. The van der Waals surface area contributed by atoms with Crippen molar-refractivity contribution in [3.8, 4) is 0 Å². The first-order chi connectivity index (χ1) is 8.69. The SMILES string of the molecule is CO[C@H]1C[C@@H](CN(C)Cc2cncnc2)N(C)C1. The first-order valence-electron chi connectivity index (χ1n) is 6.34. The van der Waals surface area contributed by atoms with Crippen LogP contribution in [0, 0.1) is 0 Å². The average Bonchev–Trinajstić information content (AvgIpc) is 2.71. The molecule has 1 aliphatic rings. The highest BCUT2D eigenvalue weighted by molar-refractivity contribution is 5.02. The quantitative estimate of drug-likeness (QED) is 0.766. The largest absolute Gasteiger partial charge is 0.380 e. The average molecular weight is 250 g/mol. The van der Waals surface area contributed by atoms with Crippen molar-refractivity contribution >= 4 is 0 Å². The van der Waals surface area contributed by atoms with Gasteiger partial charge in [0.15, 0.2) is 0 Å². The molecule has 5 nitrogen and oxygen atoms in total. The van der Waals surface area contributed by atoms with Gasteiger partial charge in [0.05, 0.1) is 6.10 Å². The van der Waals surface area contributed by atoms with Crippen molar-refractivity contribution < 1.29 is 4.74 Å². The number of methoxy groups -OCH3 is 1. The van der Waals surface area contributed by atoms with E-state index in [1.165, 1.54) is 0 Å². The molecule has 5 heteroatoms. The minimum Gasteiger partial charge on any atom is -0.380 e. The maximum atomic E-state index is 5.43. The lowest BCUT2D eigenvalue weighted by molar-refractivity contribution is 0.111. The Labute approximate surface area is 109 Å². The Hall–Kier alpha value is -1.04. The molecule has 0 amide bonds. The zero-order valence-electron chi connectivity index (χ0n) is 11.4. The van der Waals surface area contributed by atoms with Gasteiger partial charge >= 0.3 is 0 Å². The summed E-state index contributed by atoms with van der Waals surface area (Å²) in [7, 11) is 6.11. The first-order valence-corrected chi connectivity index (χ1v) is 6.34. The first kappa shape index (κ1) is 13.4. The van der Waals surface area contributed by atoms with E-state index in [1.54, 1.807) is 13.4 Å². The smallest absolute Gasteiger partial charge is 0.115 e. The molecule has 0 spiro atoms. The summed E-state index contributed by atoms with van der Waals surface area (Å²) in [4.78, 5) is 12.8. The molecule has 2 atom stereocenters. The van der Waals surface area contributed by atoms with Crippen LogP contribution in [0.1, 0.15) is 12.0 Å². The van der Waals surface area contributed by atoms with Crippen molar-refractivity contribution in [1.82, 2.24) is 19.8 Å². The molecule has 0 saturated carbocycles. The monoisotopic (exact) mass is 250 g/mol. The van der Waals surface area contributed by atoms with Crippen LogP contribution >= 0.6 is 0 Å². The molecule has 0 bridgehead atoms. The van der Waals surface area contributed by atoms with E-state index in [-0.39, 0.29) is 0 Å². The fraction of sp³-hybridized carbons (Fsp3) is 0.692. The predicted octanol–water partition coefficient (Wildman–Crippen LogP) is 0.627. The Kier molecular flexibility index (Phi) is 4.63. The van der Waals surface area contributed by atoms with E-state index in [0.717, 1.165) is 31.6 Å². The van der Waals surface area contributed by atoms with Crippen molar-refractivity contribution in [2.75, 3.05) is 34.3 Å². The Morgan fingerprint density at radius 1 is 1.44 bits per heavy atom. The van der Waals surface area contributed by atoms with Gasteiger partial charge in [0.1, 0.15) is 6.33 Å². The fourth-order valence-corrected chi connectivity index (χ4v) is 2.56. The highest BCUT2D eigenvalue weighted by Crippen LogP contribution is 2.19. The van der Waals surface area contributed by atoms with Crippen LogP contribution in [-0.2, 0) is 11.3 Å². The lowest BCUT2D eigenvalue weighted by Gasteiger charge is -2.25. The Bertz CT molecular complexity index is 359. The summed E-state index contributed by atoms with van der Waals surface area (Å²) in [6, 6.07) is 0.574. The van der Waals surface area contributed by atoms with Crippen LogP contribution < -0.4 is 0 Å². The molecule has 0 aromatic carbocycles. The molecule has 1 saturated heterocycles. The predicted molar refractivity (Wildman–Crippen MR) is 70.2 cm³/mol. The van der Waals surface area contributed by atoms with Gasteiger partial charge in [0, 0.05) is 50.7 Å². The van der Waals surface area contributed by atoms with E-state index >= 15 is 0 Å². The summed E-state index contributed by atoms with van der Waals surface area (Å²) in [5.41, 5.74) is 1.16. The third kappa shape index (κ3) is 3.48. The highest BCUT2D eigenvalue weighted by Gasteiger charge is 2.29. The lowest BCUT2D eigenvalue weighted by Crippen LogP contribution is -2.36. The molecule has 0 unspecified atom stereocenters. The maximum absolute atomic E-state index is 5.43. The van der Waals surface area contributed by atoms with Crippen LogP contribution in [-0.4, -0.2) is 66.2 Å². The lowest BCUT2D eigenvalue weighted by atomic mass is 10.2. The van der Waals surface area contributed by atoms with Crippen molar-refractivity contribution in [1.29, 1.82) is 0 Å². The fourth-order valence-electron chi connectivity index (χ4n) is 2.56. The molecule has 100 valence electrons. The third-order valence-electron chi connectivity index (χ3n) is 3.57. The number of likely N-dealkylation sites (N-methyl/N-ethyl adjacent to an activating group) is 2. The summed E-state index contributed by atoms with van der Waals surface area (Å²) in [5, 5.41) is 0. The topological polar surface area (TPSA) is 41.5 Å².